The standard InChI is InChI=1S/C17H16ClNO5S/c1-24-17(21)14-4-2-3-5-15(14)19-16(20)11-25(22,23)10-12-6-8-13(18)9-7-12/h2-9H,10-11H2,1H3,(H,19,20). The molecule has 1 N–H and O–H groups in total. The summed E-state index contributed by atoms with van der Waals surface area (Å²) < 4.78 is 29.0. The number of amides is 1. The Labute approximate surface area is 150 Å². The Morgan fingerprint density at radius 2 is 1.72 bits per heavy atom. The van der Waals surface area contributed by atoms with E-state index in [4.69, 9.17) is 11.6 Å². The summed E-state index contributed by atoms with van der Waals surface area (Å²) in [4.78, 5) is 23.7. The summed E-state index contributed by atoms with van der Waals surface area (Å²) in [6, 6.07) is 12.5. The minimum Gasteiger partial charge on any atom is -0.465 e. The predicted molar refractivity (Wildman–Crippen MR) is 95.4 cm³/mol. The lowest BCUT2D eigenvalue weighted by Crippen LogP contribution is -2.25. The number of esters is 1. The molecule has 0 aromatic heterocycles. The fraction of sp³-hybridized carbons (Fsp3) is 0.176. The highest BCUT2D eigenvalue weighted by Gasteiger charge is 2.19. The van der Waals surface area contributed by atoms with Gasteiger partial charge in [0.15, 0.2) is 9.84 Å². The van der Waals surface area contributed by atoms with Gasteiger partial charge in [0.1, 0.15) is 5.75 Å². The van der Waals surface area contributed by atoms with Crippen LogP contribution in [-0.4, -0.2) is 33.2 Å². The summed E-state index contributed by atoms with van der Waals surface area (Å²) in [6.07, 6.45) is 0. The van der Waals surface area contributed by atoms with Crippen LogP contribution in [-0.2, 0) is 25.1 Å². The van der Waals surface area contributed by atoms with Gasteiger partial charge in [-0.25, -0.2) is 13.2 Å². The third-order valence-electron chi connectivity index (χ3n) is 3.26. The Kier molecular flexibility index (Phi) is 6.17. The first-order chi connectivity index (χ1) is 11.8. The highest BCUT2D eigenvalue weighted by molar-refractivity contribution is 7.91. The number of hydrogen-bond acceptors (Lipinski definition) is 5. The van der Waals surface area contributed by atoms with E-state index in [1.165, 1.54) is 19.2 Å². The molecule has 132 valence electrons. The second-order valence-corrected chi connectivity index (χ2v) is 7.74. The third kappa shape index (κ3) is 5.58. The molecule has 0 heterocycles. The molecule has 0 aliphatic carbocycles. The van der Waals surface area contributed by atoms with Gasteiger partial charge in [-0.15, -0.1) is 0 Å². The summed E-state index contributed by atoms with van der Waals surface area (Å²) in [7, 11) is -2.46. The maximum Gasteiger partial charge on any atom is 0.339 e. The Balaban J connectivity index is 2.07. The Morgan fingerprint density at radius 1 is 1.08 bits per heavy atom. The number of ether oxygens (including phenoxy) is 1. The second-order valence-electron chi connectivity index (χ2n) is 5.24. The first-order valence-electron chi connectivity index (χ1n) is 7.23. The fourth-order valence-electron chi connectivity index (χ4n) is 2.15. The van der Waals surface area contributed by atoms with E-state index < -0.39 is 27.5 Å². The van der Waals surface area contributed by atoms with E-state index in [1.54, 1.807) is 36.4 Å². The van der Waals surface area contributed by atoms with E-state index in [2.05, 4.69) is 10.1 Å². The number of carbonyl (C=O) groups excluding carboxylic acids is 2. The van der Waals surface area contributed by atoms with E-state index in [1.807, 2.05) is 0 Å². The van der Waals surface area contributed by atoms with E-state index in [0.29, 0.717) is 10.6 Å². The van der Waals surface area contributed by atoms with Crippen LogP contribution >= 0.6 is 11.6 Å². The molecule has 0 unspecified atom stereocenters. The van der Waals surface area contributed by atoms with Gasteiger partial charge in [0.25, 0.3) is 0 Å². The molecule has 0 atom stereocenters. The van der Waals surface area contributed by atoms with Gasteiger partial charge in [-0.1, -0.05) is 35.9 Å². The van der Waals surface area contributed by atoms with E-state index >= 15 is 0 Å². The van der Waals surface area contributed by atoms with Gasteiger partial charge in [-0.3, -0.25) is 4.79 Å². The number of para-hydroxylation sites is 1. The quantitative estimate of drug-likeness (QED) is 0.777. The smallest absolute Gasteiger partial charge is 0.339 e. The second kappa shape index (κ2) is 8.13. The number of carbonyl (C=O) groups is 2. The number of rotatable bonds is 6. The molecule has 25 heavy (non-hydrogen) atoms. The first kappa shape index (κ1) is 19.0. The largest absolute Gasteiger partial charge is 0.465 e. The molecule has 2 rings (SSSR count). The number of halogens is 1. The zero-order valence-corrected chi connectivity index (χ0v) is 14.9. The fourth-order valence-corrected chi connectivity index (χ4v) is 3.55. The molecule has 0 bridgehead atoms. The summed E-state index contributed by atoms with van der Waals surface area (Å²) in [5.74, 6) is -2.34. The van der Waals surface area contributed by atoms with Crippen LogP contribution in [0.1, 0.15) is 15.9 Å². The van der Waals surface area contributed by atoms with Crippen molar-refractivity contribution in [3.05, 3.63) is 64.7 Å². The highest BCUT2D eigenvalue weighted by atomic mass is 35.5. The SMILES string of the molecule is COC(=O)c1ccccc1NC(=O)CS(=O)(=O)Cc1ccc(Cl)cc1. The molecule has 2 aromatic carbocycles. The highest BCUT2D eigenvalue weighted by Crippen LogP contribution is 2.17. The van der Waals surface area contributed by atoms with Crippen LogP contribution in [0.25, 0.3) is 0 Å². The van der Waals surface area contributed by atoms with Crippen LogP contribution in [0, 0.1) is 0 Å². The lowest BCUT2D eigenvalue weighted by Gasteiger charge is -2.10. The van der Waals surface area contributed by atoms with E-state index in [-0.39, 0.29) is 17.0 Å². The van der Waals surface area contributed by atoms with Crippen molar-refractivity contribution in [1.82, 2.24) is 0 Å². The molecule has 1 amide bonds. The number of benzene rings is 2. The average Bonchev–Trinajstić information content (AvgIpc) is 2.56. The minimum absolute atomic E-state index is 0.147. The topological polar surface area (TPSA) is 89.5 Å². The normalized spacial score (nSPS) is 11.0. The summed E-state index contributed by atoms with van der Waals surface area (Å²) >= 11 is 5.76. The molecule has 0 aliphatic rings. The van der Waals surface area contributed by atoms with Gasteiger partial charge < -0.3 is 10.1 Å². The van der Waals surface area contributed by atoms with Crippen molar-refractivity contribution < 1.29 is 22.7 Å². The van der Waals surface area contributed by atoms with Crippen molar-refractivity contribution in [2.45, 2.75) is 5.75 Å². The molecule has 0 spiro atoms. The number of sulfone groups is 1. The summed E-state index contributed by atoms with van der Waals surface area (Å²) in [5.41, 5.74) is 0.877. The maximum atomic E-state index is 12.2. The van der Waals surface area contributed by atoms with Gasteiger partial charge in [0.2, 0.25) is 5.91 Å². The zero-order valence-electron chi connectivity index (χ0n) is 13.4. The van der Waals surface area contributed by atoms with Gasteiger partial charge in [0.05, 0.1) is 24.1 Å². The van der Waals surface area contributed by atoms with Gasteiger partial charge >= 0.3 is 5.97 Å². The lowest BCUT2D eigenvalue weighted by atomic mass is 10.2. The first-order valence-corrected chi connectivity index (χ1v) is 9.43. The van der Waals surface area contributed by atoms with Crippen LogP contribution in [0.15, 0.2) is 48.5 Å². The van der Waals surface area contributed by atoms with Crippen molar-refractivity contribution in [2.75, 3.05) is 18.2 Å². The number of nitrogens with one attached hydrogen (secondary N) is 1. The van der Waals surface area contributed by atoms with Crippen LogP contribution in [0.3, 0.4) is 0 Å². The monoisotopic (exact) mass is 381 g/mol. The summed E-state index contributed by atoms with van der Waals surface area (Å²) in [5, 5.41) is 2.94. The van der Waals surface area contributed by atoms with Crippen molar-refractivity contribution in [2.24, 2.45) is 0 Å². The van der Waals surface area contributed by atoms with E-state index in [9.17, 15) is 18.0 Å². The Bertz CT molecular complexity index is 878. The summed E-state index contributed by atoms with van der Waals surface area (Å²) in [6.45, 7) is 0. The number of hydrogen-bond donors (Lipinski definition) is 1. The van der Waals surface area contributed by atoms with Crippen LogP contribution in [0.5, 0.6) is 0 Å². The predicted octanol–water partition coefficient (Wildman–Crippen LogP) is 2.68. The molecule has 8 heteroatoms. The molecule has 2 aromatic rings. The van der Waals surface area contributed by atoms with Gasteiger partial charge in [-0.2, -0.15) is 0 Å². The molecule has 0 saturated carbocycles. The van der Waals surface area contributed by atoms with Gasteiger partial charge in [0, 0.05) is 5.02 Å². The van der Waals surface area contributed by atoms with Crippen molar-refractivity contribution in [3.63, 3.8) is 0 Å². The van der Waals surface area contributed by atoms with Crippen LogP contribution in [0.2, 0.25) is 5.02 Å². The maximum absolute atomic E-state index is 12.2. The lowest BCUT2D eigenvalue weighted by molar-refractivity contribution is -0.113. The average molecular weight is 382 g/mol. The molecular weight excluding hydrogens is 366 g/mol. The number of anilines is 1. The molecule has 0 aliphatic heterocycles. The van der Waals surface area contributed by atoms with Crippen molar-refractivity contribution in [1.29, 1.82) is 0 Å². The number of methoxy groups -OCH3 is 1. The molecule has 0 fully saturated rings. The Morgan fingerprint density at radius 3 is 2.36 bits per heavy atom. The molecule has 0 radical (unpaired) electrons. The van der Waals surface area contributed by atoms with Crippen molar-refractivity contribution in [3.8, 4) is 0 Å². The van der Waals surface area contributed by atoms with Crippen LogP contribution in [0.4, 0.5) is 5.69 Å². The van der Waals surface area contributed by atoms with Crippen molar-refractivity contribution >= 4 is 39.0 Å². The molecule has 6 nitrogen and oxygen atoms in total. The Hall–Kier alpha value is -2.38. The molecule has 0 saturated heterocycles. The third-order valence-corrected chi connectivity index (χ3v) is 4.98. The van der Waals surface area contributed by atoms with E-state index in [0.717, 1.165) is 0 Å². The molecular formula is C17H16ClNO5S. The van der Waals surface area contributed by atoms with Gasteiger partial charge in [-0.05, 0) is 29.8 Å². The minimum atomic E-state index is -3.68. The van der Waals surface area contributed by atoms with Crippen LogP contribution < -0.4 is 5.32 Å². The zero-order chi connectivity index (χ0) is 18.4.